The van der Waals surface area contributed by atoms with Gasteiger partial charge >= 0.3 is 0 Å². The summed E-state index contributed by atoms with van der Waals surface area (Å²) in [5, 5.41) is 8.92. The minimum atomic E-state index is -0.283. The summed E-state index contributed by atoms with van der Waals surface area (Å²) in [6.07, 6.45) is 10.4. The number of ether oxygens (including phenoxy) is 1. The number of carbonyl (C=O) groups excluding carboxylic acids is 1. The summed E-state index contributed by atoms with van der Waals surface area (Å²) in [5.41, 5.74) is 3.02. The van der Waals surface area contributed by atoms with Gasteiger partial charge in [0.25, 0.3) is 0 Å². The van der Waals surface area contributed by atoms with E-state index in [-0.39, 0.29) is 12.4 Å². The summed E-state index contributed by atoms with van der Waals surface area (Å²) >= 11 is 0. The lowest BCUT2D eigenvalue weighted by atomic mass is 9.78. The first-order chi connectivity index (χ1) is 13.7. The van der Waals surface area contributed by atoms with Crippen LogP contribution in [0.25, 0.3) is 0 Å². The number of aliphatic hydroxyl groups is 1. The van der Waals surface area contributed by atoms with Gasteiger partial charge in [0.15, 0.2) is 5.78 Å². The first-order valence-electron chi connectivity index (χ1n) is 11.3. The fraction of sp³-hybridized carbons (Fsp3) is 0.708. The summed E-state index contributed by atoms with van der Waals surface area (Å²) in [5.74, 6) is 3.18. The molecule has 3 aliphatic rings. The van der Waals surface area contributed by atoms with Crippen LogP contribution in [0.5, 0.6) is 5.75 Å². The average molecular weight is 386 g/mol. The van der Waals surface area contributed by atoms with Crippen LogP contribution in [0.15, 0.2) is 18.2 Å². The minimum absolute atomic E-state index is 0.0157. The fourth-order valence-corrected chi connectivity index (χ4v) is 5.57. The van der Waals surface area contributed by atoms with Crippen molar-refractivity contribution in [1.29, 1.82) is 0 Å². The van der Waals surface area contributed by atoms with Gasteiger partial charge in [0.2, 0.25) is 0 Å². The molecule has 1 aromatic carbocycles. The van der Waals surface area contributed by atoms with E-state index in [9.17, 15) is 4.79 Å². The first-order valence-corrected chi connectivity index (χ1v) is 11.3. The largest absolute Gasteiger partial charge is 0.493 e. The van der Waals surface area contributed by atoms with E-state index in [1.165, 1.54) is 70.1 Å². The number of piperidine rings is 1. The third-order valence-electron chi connectivity index (χ3n) is 7.32. The van der Waals surface area contributed by atoms with Crippen molar-refractivity contribution >= 4 is 5.78 Å². The monoisotopic (exact) mass is 385 g/mol. The first kappa shape index (κ1) is 19.9. The molecule has 4 nitrogen and oxygen atoms in total. The molecule has 4 rings (SSSR count). The smallest absolute Gasteiger partial charge is 0.158 e. The van der Waals surface area contributed by atoms with Crippen LogP contribution in [0.3, 0.4) is 0 Å². The molecule has 0 amide bonds. The molecule has 2 heterocycles. The lowest BCUT2D eigenvalue weighted by molar-refractivity contribution is -0.122. The van der Waals surface area contributed by atoms with Gasteiger partial charge in [-0.15, -0.1) is 0 Å². The lowest BCUT2D eigenvalue weighted by Gasteiger charge is -2.35. The zero-order valence-corrected chi connectivity index (χ0v) is 17.1. The lowest BCUT2D eigenvalue weighted by Crippen LogP contribution is -2.35. The second-order valence-corrected chi connectivity index (χ2v) is 9.11. The molecule has 2 fully saturated rings. The van der Waals surface area contributed by atoms with Gasteiger partial charge in [0, 0.05) is 18.4 Å². The summed E-state index contributed by atoms with van der Waals surface area (Å²) in [6, 6.07) is 6.61. The van der Waals surface area contributed by atoms with Crippen LogP contribution in [-0.4, -0.2) is 48.6 Å². The van der Waals surface area contributed by atoms with Crippen molar-refractivity contribution in [3.8, 4) is 5.75 Å². The molecule has 4 heteroatoms. The number of Topliss-reactive ketones (excluding diaryl/α,β-unsaturated/α-hetero) is 1. The van der Waals surface area contributed by atoms with Crippen molar-refractivity contribution in [2.75, 3.05) is 32.8 Å². The van der Waals surface area contributed by atoms with Crippen molar-refractivity contribution < 1.29 is 14.6 Å². The third kappa shape index (κ3) is 4.77. The third-order valence-corrected chi connectivity index (χ3v) is 7.32. The Balaban J connectivity index is 1.18. The summed E-state index contributed by atoms with van der Waals surface area (Å²) in [7, 11) is 0. The van der Waals surface area contributed by atoms with Crippen LogP contribution in [-0.2, 0) is 11.2 Å². The molecule has 28 heavy (non-hydrogen) atoms. The van der Waals surface area contributed by atoms with Gasteiger partial charge in [0.1, 0.15) is 12.4 Å². The van der Waals surface area contributed by atoms with Gasteiger partial charge in [0.05, 0.1) is 6.61 Å². The van der Waals surface area contributed by atoms with E-state index in [1.807, 2.05) is 0 Å². The van der Waals surface area contributed by atoms with Gasteiger partial charge in [-0.3, -0.25) is 4.79 Å². The number of rotatable bonds is 7. The molecule has 1 N–H and O–H groups in total. The van der Waals surface area contributed by atoms with Gasteiger partial charge in [-0.05, 0) is 81.1 Å². The van der Waals surface area contributed by atoms with E-state index in [0.717, 1.165) is 24.7 Å². The Bertz CT molecular complexity index is 658. The SMILES string of the molecule is O=C(CO)CC1CCC(CCN2CCC(c3cccc4c3CCO4)CC2)CC1. The van der Waals surface area contributed by atoms with E-state index < -0.39 is 0 Å². The highest BCUT2D eigenvalue weighted by Gasteiger charge is 2.27. The Morgan fingerprint density at radius 2 is 1.82 bits per heavy atom. The molecule has 0 atom stereocenters. The van der Waals surface area contributed by atoms with Crippen LogP contribution in [0.1, 0.15) is 68.4 Å². The molecular formula is C24H35NO3. The summed E-state index contributed by atoms with van der Waals surface area (Å²) < 4.78 is 5.75. The number of likely N-dealkylation sites (tertiary alicyclic amines) is 1. The van der Waals surface area contributed by atoms with E-state index in [2.05, 4.69) is 23.1 Å². The fourth-order valence-electron chi connectivity index (χ4n) is 5.57. The second-order valence-electron chi connectivity index (χ2n) is 9.11. The van der Waals surface area contributed by atoms with Gasteiger partial charge in [-0.2, -0.15) is 0 Å². The van der Waals surface area contributed by atoms with Crippen LogP contribution < -0.4 is 4.74 Å². The van der Waals surface area contributed by atoms with Crippen molar-refractivity contribution in [3.63, 3.8) is 0 Å². The number of nitrogens with zero attached hydrogens (tertiary/aromatic N) is 1. The van der Waals surface area contributed by atoms with E-state index >= 15 is 0 Å². The Labute approximate surface area is 169 Å². The quantitative estimate of drug-likeness (QED) is 0.772. The zero-order valence-electron chi connectivity index (χ0n) is 17.1. The molecule has 0 spiro atoms. The topological polar surface area (TPSA) is 49.8 Å². The Hall–Kier alpha value is -1.39. The molecule has 0 bridgehead atoms. The number of carbonyl (C=O) groups is 1. The predicted molar refractivity (Wildman–Crippen MR) is 111 cm³/mol. The second kappa shape index (κ2) is 9.41. The maximum absolute atomic E-state index is 11.4. The number of fused-ring (bicyclic) bond motifs is 1. The highest BCUT2D eigenvalue weighted by molar-refractivity contribution is 5.79. The van der Waals surface area contributed by atoms with Gasteiger partial charge in [-0.1, -0.05) is 25.0 Å². The molecular weight excluding hydrogens is 350 g/mol. The van der Waals surface area contributed by atoms with Crippen LogP contribution in [0, 0.1) is 11.8 Å². The normalized spacial score (nSPS) is 26.0. The highest BCUT2D eigenvalue weighted by Crippen LogP contribution is 2.37. The Morgan fingerprint density at radius 1 is 1.07 bits per heavy atom. The number of benzene rings is 1. The number of ketones is 1. The standard InChI is InChI=1S/C24H35NO3/c26-17-21(27)16-19-6-4-18(5-7-19)8-12-25-13-9-20(10-14-25)22-2-1-3-24-23(22)11-15-28-24/h1-3,18-20,26H,4-17H2. The van der Waals surface area contributed by atoms with Crippen LogP contribution >= 0.6 is 0 Å². The summed E-state index contributed by atoms with van der Waals surface area (Å²) in [4.78, 5) is 14.1. The number of aliphatic hydroxyl groups excluding tert-OH is 1. The van der Waals surface area contributed by atoms with E-state index in [0.29, 0.717) is 18.3 Å². The average Bonchev–Trinajstić information content (AvgIpc) is 3.22. The van der Waals surface area contributed by atoms with E-state index in [1.54, 1.807) is 5.56 Å². The minimum Gasteiger partial charge on any atom is -0.493 e. The Morgan fingerprint density at radius 3 is 2.57 bits per heavy atom. The molecule has 1 saturated carbocycles. The van der Waals surface area contributed by atoms with Crippen molar-refractivity contribution in [2.24, 2.45) is 11.8 Å². The molecule has 2 aliphatic heterocycles. The van der Waals surface area contributed by atoms with Crippen molar-refractivity contribution in [2.45, 2.75) is 63.7 Å². The molecule has 1 aromatic rings. The van der Waals surface area contributed by atoms with E-state index in [4.69, 9.17) is 9.84 Å². The zero-order chi connectivity index (χ0) is 19.3. The van der Waals surface area contributed by atoms with Crippen molar-refractivity contribution in [1.82, 2.24) is 4.90 Å². The number of hydrogen-bond donors (Lipinski definition) is 1. The van der Waals surface area contributed by atoms with Crippen LogP contribution in [0.2, 0.25) is 0 Å². The maximum atomic E-state index is 11.4. The molecule has 1 aliphatic carbocycles. The van der Waals surface area contributed by atoms with Crippen molar-refractivity contribution in [3.05, 3.63) is 29.3 Å². The Kier molecular flexibility index (Phi) is 6.69. The molecule has 1 saturated heterocycles. The van der Waals surface area contributed by atoms with Gasteiger partial charge in [-0.25, -0.2) is 0 Å². The maximum Gasteiger partial charge on any atom is 0.158 e. The summed E-state index contributed by atoms with van der Waals surface area (Å²) in [6.45, 7) is 4.23. The van der Waals surface area contributed by atoms with Crippen LogP contribution in [0.4, 0.5) is 0 Å². The molecule has 0 unspecified atom stereocenters. The predicted octanol–water partition coefficient (Wildman–Crippen LogP) is 3.95. The van der Waals surface area contributed by atoms with Gasteiger partial charge < -0.3 is 14.7 Å². The number of hydrogen-bond acceptors (Lipinski definition) is 4. The molecule has 154 valence electrons. The highest BCUT2D eigenvalue weighted by atomic mass is 16.5. The molecule has 0 radical (unpaired) electrons. The molecule has 0 aromatic heterocycles.